The van der Waals surface area contributed by atoms with Crippen molar-refractivity contribution in [1.82, 2.24) is 0 Å². The van der Waals surface area contributed by atoms with Crippen molar-refractivity contribution in [3.05, 3.63) is 96.1 Å². The maximum atomic E-state index is 12.7. The van der Waals surface area contributed by atoms with Crippen molar-refractivity contribution in [2.45, 2.75) is 19.3 Å². The van der Waals surface area contributed by atoms with Crippen LogP contribution in [0.15, 0.2) is 84.9 Å². The number of benzene rings is 3. The average Bonchev–Trinajstić information content (AvgIpc) is 3.53. The molecule has 3 aromatic carbocycles. The summed E-state index contributed by atoms with van der Waals surface area (Å²) in [6, 6.07) is 27.3. The molecular weight excluding hydrogens is 348 g/mol. The summed E-state index contributed by atoms with van der Waals surface area (Å²) >= 11 is 0. The molecule has 0 radical (unpaired) electrons. The van der Waals surface area contributed by atoms with Crippen LogP contribution in [0.4, 0.5) is 11.4 Å². The van der Waals surface area contributed by atoms with E-state index in [-0.39, 0.29) is 11.8 Å². The van der Waals surface area contributed by atoms with Gasteiger partial charge in [-0.3, -0.25) is 9.59 Å². The molecule has 4 rings (SSSR count). The third kappa shape index (κ3) is 3.96. The molecule has 1 aliphatic rings. The number of hydrogen-bond acceptors (Lipinski definition) is 2. The Bertz CT molecular complexity index is 963. The third-order valence-corrected chi connectivity index (χ3v) is 5.11. The minimum atomic E-state index is -0.960. The van der Waals surface area contributed by atoms with Crippen LogP contribution in [0.2, 0.25) is 0 Å². The number of rotatable bonds is 6. The molecule has 2 amide bonds. The number of carbonyl (C=O) groups excluding carboxylic acids is 2. The molecule has 0 aliphatic heterocycles. The van der Waals surface area contributed by atoms with Crippen LogP contribution >= 0.6 is 0 Å². The van der Waals surface area contributed by atoms with Crippen LogP contribution in [0.5, 0.6) is 0 Å². The Kier molecular flexibility index (Phi) is 4.94. The number of nitrogens with one attached hydrogen (secondary N) is 2. The monoisotopic (exact) mass is 370 g/mol. The van der Waals surface area contributed by atoms with Gasteiger partial charge in [-0.25, -0.2) is 0 Å². The van der Waals surface area contributed by atoms with Gasteiger partial charge in [0.1, 0.15) is 5.41 Å². The van der Waals surface area contributed by atoms with Crippen LogP contribution in [0.25, 0.3) is 0 Å². The Morgan fingerprint density at radius 1 is 0.643 bits per heavy atom. The summed E-state index contributed by atoms with van der Waals surface area (Å²) < 4.78 is 0. The Hall–Kier alpha value is -3.40. The van der Waals surface area contributed by atoms with E-state index in [0.717, 1.165) is 6.42 Å². The maximum absolute atomic E-state index is 12.7. The zero-order valence-corrected chi connectivity index (χ0v) is 15.5. The number of para-hydroxylation sites is 1. The summed E-state index contributed by atoms with van der Waals surface area (Å²) in [6.45, 7) is 0. The molecule has 0 unspecified atom stereocenters. The zero-order valence-electron chi connectivity index (χ0n) is 15.5. The summed E-state index contributed by atoms with van der Waals surface area (Å²) in [4.78, 5) is 25.3. The summed E-state index contributed by atoms with van der Waals surface area (Å²) in [5.74, 6) is -0.478. The van der Waals surface area contributed by atoms with Gasteiger partial charge in [0.2, 0.25) is 11.8 Å². The molecule has 0 saturated heterocycles. The summed E-state index contributed by atoms with van der Waals surface area (Å²) in [5, 5.41) is 5.75. The minimum absolute atomic E-state index is 0.239. The first-order chi connectivity index (χ1) is 13.7. The highest BCUT2D eigenvalue weighted by Crippen LogP contribution is 2.47. The van der Waals surface area contributed by atoms with E-state index in [1.54, 1.807) is 0 Å². The van der Waals surface area contributed by atoms with Crippen molar-refractivity contribution < 1.29 is 9.59 Å². The van der Waals surface area contributed by atoms with E-state index in [9.17, 15) is 9.59 Å². The van der Waals surface area contributed by atoms with Gasteiger partial charge in [0, 0.05) is 11.4 Å². The maximum Gasteiger partial charge on any atom is 0.240 e. The Labute approximate surface area is 164 Å². The molecule has 4 heteroatoms. The van der Waals surface area contributed by atoms with Crippen LogP contribution in [-0.2, 0) is 16.0 Å². The lowest BCUT2D eigenvalue weighted by Crippen LogP contribution is -2.35. The van der Waals surface area contributed by atoms with Crippen LogP contribution in [-0.4, -0.2) is 11.8 Å². The first-order valence-corrected chi connectivity index (χ1v) is 9.47. The highest BCUT2D eigenvalue weighted by molar-refractivity contribution is 6.16. The molecule has 4 nitrogen and oxygen atoms in total. The van der Waals surface area contributed by atoms with Crippen LogP contribution in [0, 0.1) is 5.41 Å². The van der Waals surface area contributed by atoms with Crippen molar-refractivity contribution in [3.8, 4) is 0 Å². The smallest absolute Gasteiger partial charge is 0.240 e. The van der Waals surface area contributed by atoms with Gasteiger partial charge in [0.25, 0.3) is 0 Å². The second kappa shape index (κ2) is 7.69. The highest BCUT2D eigenvalue weighted by Gasteiger charge is 2.56. The first kappa shape index (κ1) is 18.0. The molecule has 2 N–H and O–H groups in total. The molecule has 0 atom stereocenters. The molecule has 1 aliphatic carbocycles. The fourth-order valence-electron chi connectivity index (χ4n) is 3.24. The van der Waals surface area contributed by atoms with E-state index in [1.807, 2.05) is 72.8 Å². The van der Waals surface area contributed by atoms with E-state index in [4.69, 9.17) is 0 Å². The van der Waals surface area contributed by atoms with E-state index in [2.05, 4.69) is 22.8 Å². The van der Waals surface area contributed by atoms with Gasteiger partial charge in [0.05, 0.1) is 0 Å². The lowest BCUT2D eigenvalue weighted by molar-refractivity contribution is -0.131. The molecule has 1 fully saturated rings. The Morgan fingerprint density at radius 3 is 1.64 bits per heavy atom. The van der Waals surface area contributed by atoms with Gasteiger partial charge >= 0.3 is 0 Å². The van der Waals surface area contributed by atoms with Crippen LogP contribution in [0.1, 0.15) is 24.0 Å². The summed E-state index contributed by atoms with van der Waals surface area (Å²) in [5.41, 5.74) is 2.87. The van der Waals surface area contributed by atoms with Crippen molar-refractivity contribution in [1.29, 1.82) is 0 Å². The van der Waals surface area contributed by atoms with Gasteiger partial charge < -0.3 is 10.6 Å². The zero-order chi connectivity index (χ0) is 19.4. The molecule has 0 bridgehead atoms. The molecule has 1 saturated carbocycles. The van der Waals surface area contributed by atoms with Gasteiger partial charge in [-0.15, -0.1) is 0 Å². The van der Waals surface area contributed by atoms with Crippen LogP contribution < -0.4 is 10.6 Å². The second-order valence-corrected chi connectivity index (χ2v) is 7.22. The number of amides is 2. The van der Waals surface area contributed by atoms with Gasteiger partial charge in [0.15, 0.2) is 0 Å². The molecule has 0 spiro atoms. The summed E-state index contributed by atoms with van der Waals surface area (Å²) in [7, 11) is 0. The van der Waals surface area contributed by atoms with Gasteiger partial charge in [-0.1, -0.05) is 60.7 Å². The standard InChI is InChI=1S/C24H22N2O2/c27-22(25-20-9-5-2-6-10-20)24(15-16-24)23(28)26-21-13-11-19(12-14-21)17-18-7-3-1-4-8-18/h1-14H,15-17H2,(H,25,27)(H,26,28). The van der Waals surface area contributed by atoms with Crippen molar-refractivity contribution >= 4 is 23.2 Å². The minimum Gasteiger partial charge on any atom is -0.325 e. The first-order valence-electron chi connectivity index (χ1n) is 9.47. The van der Waals surface area contributed by atoms with E-state index >= 15 is 0 Å². The Balaban J connectivity index is 1.38. The molecule has 0 heterocycles. The quantitative estimate of drug-likeness (QED) is 0.621. The normalized spacial score (nSPS) is 14.1. The van der Waals surface area contributed by atoms with Crippen molar-refractivity contribution in [3.63, 3.8) is 0 Å². The molecular formula is C24H22N2O2. The van der Waals surface area contributed by atoms with Crippen molar-refractivity contribution in [2.75, 3.05) is 10.6 Å². The fraction of sp³-hybridized carbons (Fsp3) is 0.167. The van der Waals surface area contributed by atoms with Gasteiger partial charge in [-0.05, 0) is 54.7 Å². The van der Waals surface area contributed by atoms with E-state index in [0.29, 0.717) is 24.2 Å². The SMILES string of the molecule is O=C(Nc1ccccc1)C1(C(=O)Nc2ccc(Cc3ccccc3)cc2)CC1. The second-order valence-electron chi connectivity index (χ2n) is 7.22. The molecule has 3 aromatic rings. The largest absolute Gasteiger partial charge is 0.325 e. The Morgan fingerprint density at radius 2 is 1.11 bits per heavy atom. The van der Waals surface area contributed by atoms with E-state index in [1.165, 1.54) is 11.1 Å². The predicted molar refractivity (Wildman–Crippen MR) is 111 cm³/mol. The van der Waals surface area contributed by atoms with Crippen LogP contribution in [0.3, 0.4) is 0 Å². The third-order valence-electron chi connectivity index (χ3n) is 5.11. The molecule has 0 aromatic heterocycles. The summed E-state index contributed by atoms with van der Waals surface area (Å²) in [6.07, 6.45) is 1.99. The number of hydrogen-bond donors (Lipinski definition) is 2. The fourth-order valence-corrected chi connectivity index (χ4v) is 3.24. The lowest BCUT2D eigenvalue weighted by atomic mass is 10.0. The topological polar surface area (TPSA) is 58.2 Å². The molecule has 28 heavy (non-hydrogen) atoms. The lowest BCUT2D eigenvalue weighted by Gasteiger charge is -2.15. The van der Waals surface area contributed by atoms with E-state index < -0.39 is 5.41 Å². The predicted octanol–water partition coefficient (Wildman–Crippen LogP) is 4.63. The van der Waals surface area contributed by atoms with Gasteiger partial charge in [-0.2, -0.15) is 0 Å². The molecule has 140 valence electrons. The highest BCUT2D eigenvalue weighted by atomic mass is 16.2. The number of carbonyl (C=O) groups is 2. The average molecular weight is 370 g/mol. The number of anilines is 2. The van der Waals surface area contributed by atoms with Crippen molar-refractivity contribution in [2.24, 2.45) is 5.41 Å².